The van der Waals surface area contributed by atoms with Crippen molar-refractivity contribution >= 4 is 10.0 Å². The summed E-state index contributed by atoms with van der Waals surface area (Å²) in [5.41, 5.74) is 5.36. The second-order valence-electron chi connectivity index (χ2n) is 4.05. The number of nitrogens with zero attached hydrogens (tertiary/aromatic N) is 2. The Morgan fingerprint density at radius 1 is 1.64 bits per heavy atom. The van der Waals surface area contributed by atoms with E-state index in [2.05, 4.69) is 0 Å². The van der Waals surface area contributed by atoms with Crippen LogP contribution in [0.5, 0.6) is 0 Å². The van der Waals surface area contributed by atoms with Crippen LogP contribution in [0.3, 0.4) is 0 Å². The van der Waals surface area contributed by atoms with Gasteiger partial charge in [-0.15, -0.1) is 0 Å². The van der Waals surface area contributed by atoms with Crippen molar-refractivity contribution in [1.82, 2.24) is 4.31 Å². The van der Waals surface area contributed by atoms with Gasteiger partial charge in [0.05, 0.1) is 6.07 Å². The highest BCUT2D eigenvalue weighted by Crippen LogP contribution is 2.22. The molecular formula is C8H15N3O2S. The number of hydrogen-bond donors (Lipinski definition) is 1. The van der Waals surface area contributed by atoms with Gasteiger partial charge in [-0.1, -0.05) is 0 Å². The van der Waals surface area contributed by atoms with Crippen molar-refractivity contribution in [2.75, 3.05) is 13.1 Å². The predicted molar refractivity (Wildman–Crippen MR) is 52.8 cm³/mol. The Morgan fingerprint density at radius 3 is 2.57 bits per heavy atom. The highest BCUT2D eigenvalue weighted by atomic mass is 32.2. The molecule has 2 unspecified atom stereocenters. The first-order valence-corrected chi connectivity index (χ1v) is 5.97. The first-order valence-electron chi connectivity index (χ1n) is 4.47. The van der Waals surface area contributed by atoms with E-state index in [1.807, 2.05) is 6.92 Å². The molecule has 0 aromatic carbocycles. The van der Waals surface area contributed by atoms with E-state index in [0.29, 0.717) is 19.5 Å². The highest BCUT2D eigenvalue weighted by molar-refractivity contribution is 7.90. The summed E-state index contributed by atoms with van der Waals surface area (Å²) in [5, 5.41) is 7.58. The van der Waals surface area contributed by atoms with Gasteiger partial charge in [0.25, 0.3) is 0 Å². The third-order valence-electron chi connectivity index (χ3n) is 2.46. The number of hydrogen-bond acceptors (Lipinski definition) is 4. The smallest absolute Gasteiger partial charge is 0.230 e. The third kappa shape index (κ3) is 2.05. The Balaban J connectivity index is 2.84. The van der Waals surface area contributed by atoms with Crippen LogP contribution >= 0.6 is 0 Å². The van der Waals surface area contributed by atoms with Gasteiger partial charge in [0.1, 0.15) is 0 Å². The summed E-state index contributed by atoms with van der Waals surface area (Å²) in [4.78, 5) is 0. The zero-order valence-corrected chi connectivity index (χ0v) is 9.21. The number of nitrogens with two attached hydrogens (primary N) is 1. The second-order valence-corrected chi connectivity index (χ2v) is 6.31. The lowest BCUT2D eigenvalue weighted by atomic mass is 10.0. The molecule has 1 aliphatic heterocycles. The average molecular weight is 217 g/mol. The van der Waals surface area contributed by atoms with Crippen LogP contribution < -0.4 is 5.73 Å². The van der Waals surface area contributed by atoms with Crippen molar-refractivity contribution in [2.45, 2.75) is 31.1 Å². The van der Waals surface area contributed by atoms with Gasteiger partial charge in [-0.3, -0.25) is 0 Å². The summed E-state index contributed by atoms with van der Waals surface area (Å²) in [6.07, 6.45) is 0.643. The van der Waals surface area contributed by atoms with Crippen molar-refractivity contribution in [1.29, 1.82) is 5.26 Å². The maximum absolute atomic E-state index is 11.7. The summed E-state index contributed by atoms with van der Waals surface area (Å²) < 4.78 is 24.7. The number of nitriles is 1. The first kappa shape index (κ1) is 11.4. The lowest BCUT2D eigenvalue weighted by Crippen LogP contribution is -2.42. The fourth-order valence-corrected chi connectivity index (χ4v) is 2.85. The van der Waals surface area contributed by atoms with Crippen LogP contribution in [0.4, 0.5) is 0 Å². The Labute approximate surface area is 84.5 Å². The van der Waals surface area contributed by atoms with E-state index in [1.54, 1.807) is 6.07 Å². The molecule has 1 saturated heterocycles. The van der Waals surface area contributed by atoms with E-state index in [-0.39, 0.29) is 0 Å². The fourth-order valence-electron chi connectivity index (χ4n) is 1.45. The van der Waals surface area contributed by atoms with Gasteiger partial charge in [-0.05, 0) is 20.3 Å². The van der Waals surface area contributed by atoms with Crippen LogP contribution in [-0.4, -0.2) is 36.6 Å². The van der Waals surface area contributed by atoms with E-state index >= 15 is 0 Å². The van der Waals surface area contributed by atoms with Crippen LogP contribution in [0, 0.1) is 11.3 Å². The third-order valence-corrected chi connectivity index (χ3v) is 4.49. The Kier molecular flexibility index (Phi) is 2.86. The summed E-state index contributed by atoms with van der Waals surface area (Å²) >= 11 is 0. The highest BCUT2D eigenvalue weighted by Gasteiger charge is 2.38. The molecule has 1 rings (SSSR count). The zero-order valence-electron chi connectivity index (χ0n) is 8.40. The molecule has 2 atom stereocenters. The lowest BCUT2D eigenvalue weighted by molar-refractivity contribution is 0.436. The molecule has 1 heterocycles. The molecule has 0 bridgehead atoms. The molecule has 5 nitrogen and oxygen atoms in total. The summed E-state index contributed by atoms with van der Waals surface area (Å²) in [6.45, 7) is 3.93. The molecule has 0 amide bonds. The molecule has 0 aromatic rings. The molecule has 14 heavy (non-hydrogen) atoms. The summed E-state index contributed by atoms with van der Waals surface area (Å²) in [5.74, 6) is 0. The molecule has 1 fully saturated rings. The molecule has 80 valence electrons. The fraction of sp³-hybridized carbons (Fsp3) is 0.875. The van der Waals surface area contributed by atoms with Crippen molar-refractivity contribution in [3.8, 4) is 6.07 Å². The second kappa shape index (κ2) is 3.50. The van der Waals surface area contributed by atoms with Gasteiger partial charge in [0.2, 0.25) is 10.0 Å². The van der Waals surface area contributed by atoms with E-state index in [0.717, 1.165) is 0 Å². The topological polar surface area (TPSA) is 87.2 Å². The molecule has 2 N–H and O–H groups in total. The molecule has 6 heteroatoms. The number of sulfonamides is 1. The maximum Gasteiger partial charge on any atom is 0.230 e. The summed E-state index contributed by atoms with van der Waals surface area (Å²) in [7, 11) is -3.47. The maximum atomic E-state index is 11.7. The minimum absolute atomic E-state index is 0.307. The Bertz CT molecular complexity index is 355. The standard InChI is InChI=1S/C8H15N3O2S/c1-7(5-9)14(12,13)11-4-3-8(2,10)6-11/h7H,3-4,6,10H2,1-2H3. The molecule has 0 spiro atoms. The van der Waals surface area contributed by atoms with Gasteiger partial charge in [0, 0.05) is 18.6 Å². The average Bonchev–Trinajstić information content (AvgIpc) is 2.45. The van der Waals surface area contributed by atoms with Crippen LogP contribution in [0.2, 0.25) is 0 Å². The largest absolute Gasteiger partial charge is 0.324 e. The van der Waals surface area contributed by atoms with Crippen molar-refractivity contribution in [3.05, 3.63) is 0 Å². The van der Waals surface area contributed by atoms with Gasteiger partial charge >= 0.3 is 0 Å². The van der Waals surface area contributed by atoms with Crippen LogP contribution in [-0.2, 0) is 10.0 Å². The van der Waals surface area contributed by atoms with Gasteiger partial charge < -0.3 is 5.73 Å². The molecule has 0 aliphatic carbocycles. The van der Waals surface area contributed by atoms with Crippen LogP contribution in [0.25, 0.3) is 0 Å². The molecule has 0 radical (unpaired) electrons. The Hall–Kier alpha value is -0.640. The van der Waals surface area contributed by atoms with E-state index in [9.17, 15) is 8.42 Å². The Morgan fingerprint density at radius 2 is 2.21 bits per heavy atom. The zero-order chi connectivity index (χ0) is 11.0. The number of rotatable bonds is 2. The minimum atomic E-state index is -3.47. The van der Waals surface area contributed by atoms with Crippen LogP contribution in [0.15, 0.2) is 0 Å². The van der Waals surface area contributed by atoms with E-state index in [1.165, 1.54) is 11.2 Å². The van der Waals surface area contributed by atoms with Crippen LogP contribution in [0.1, 0.15) is 20.3 Å². The van der Waals surface area contributed by atoms with Crippen molar-refractivity contribution < 1.29 is 8.42 Å². The molecule has 0 aromatic heterocycles. The predicted octanol–water partition coefficient (Wildman–Crippen LogP) is -0.349. The molecule has 1 aliphatic rings. The first-order chi connectivity index (χ1) is 6.29. The minimum Gasteiger partial charge on any atom is -0.324 e. The molecular weight excluding hydrogens is 202 g/mol. The normalized spacial score (nSPS) is 31.3. The molecule has 0 saturated carbocycles. The van der Waals surface area contributed by atoms with Crippen molar-refractivity contribution in [2.24, 2.45) is 5.73 Å². The van der Waals surface area contributed by atoms with Crippen molar-refractivity contribution in [3.63, 3.8) is 0 Å². The van der Waals surface area contributed by atoms with E-state index in [4.69, 9.17) is 11.0 Å². The van der Waals surface area contributed by atoms with E-state index < -0.39 is 20.8 Å². The van der Waals surface area contributed by atoms with Gasteiger partial charge in [-0.25, -0.2) is 8.42 Å². The SMILES string of the molecule is CC(C#N)S(=O)(=O)N1CCC(C)(N)C1. The summed E-state index contributed by atoms with van der Waals surface area (Å²) in [6, 6.07) is 1.74. The van der Waals surface area contributed by atoms with Gasteiger partial charge in [-0.2, -0.15) is 9.57 Å². The van der Waals surface area contributed by atoms with Gasteiger partial charge in [0.15, 0.2) is 5.25 Å². The quantitative estimate of drug-likeness (QED) is 0.685. The monoisotopic (exact) mass is 217 g/mol. The lowest BCUT2D eigenvalue weighted by Gasteiger charge is -2.20.